The van der Waals surface area contributed by atoms with Gasteiger partial charge in [-0.2, -0.15) is 0 Å². The molecule has 0 aliphatic carbocycles. The lowest BCUT2D eigenvalue weighted by Gasteiger charge is -2.11. The number of carbonyl (C=O) groups is 1. The van der Waals surface area contributed by atoms with Gasteiger partial charge >= 0.3 is 0 Å². The van der Waals surface area contributed by atoms with Gasteiger partial charge in [0.2, 0.25) is 5.91 Å². The Hall–Kier alpha value is -0.420. The monoisotopic (exact) mass is 221 g/mol. The number of rotatable bonds is 6. The number of hydrogen-bond acceptors (Lipinski definition) is 3. The van der Waals surface area contributed by atoms with Crippen LogP contribution < -0.4 is 5.32 Å². The van der Waals surface area contributed by atoms with Crippen molar-refractivity contribution in [2.75, 3.05) is 19.4 Å². The zero-order chi connectivity index (χ0) is 11.1. The van der Waals surface area contributed by atoms with Crippen molar-refractivity contribution in [1.82, 2.24) is 5.32 Å². The molecule has 0 aromatic carbocycles. The van der Waals surface area contributed by atoms with Crippen LogP contribution >= 0.6 is 0 Å². The summed E-state index contributed by atoms with van der Waals surface area (Å²) in [5, 5.41) is 2.65. The Labute approximate surface area is 87.9 Å². The first-order valence-corrected chi connectivity index (χ1v) is 6.26. The minimum absolute atomic E-state index is 0.0157. The van der Waals surface area contributed by atoms with Gasteiger partial charge in [-0.15, -0.1) is 0 Å². The summed E-state index contributed by atoms with van der Waals surface area (Å²) in [6.45, 7) is 6.08. The summed E-state index contributed by atoms with van der Waals surface area (Å²) < 4.78 is 16.1. The fourth-order valence-electron chi connectivity index (χ4n) is 0.668. The lowest BCUT2D eigenvalue weighted by atomic mass is 10.4. The van der Waals surface area contributed by atoms with Crippen LogP contribution in [-0.2, 0) is 20.3 Å². The molecular weight excluding hydrogens is 202 g/mol. The second-order valence-corrected chi connectivity index (χ2v) is 5.27. The molecule has 1 amide bonds. The van der Waals surface area contributed by atoms with Crippen LogP contribution in [0.3, 0.4) is 0 Å². The van der Waals surface area contributed by atoms with Crippen molar-refractivity contribution < 1.29 is 13.7 Å². The maximum atomic E-state index is 11.1. The Morgan fingerprint density at radius 1 is 1.43 bits per heavy atom. The lowest BCUT2D eigenvalue weighted by molar-refractivity contribution is -0.127. The molecule has 0 saturated heterocycles. The van der Waals surface area contributed by atoms with Gasteiger partial charge in [-0.3, -0.25) is 9.00 Å². The first-order chi connectivity index (χ1) is 6.43. The highest BCUT2D eigenvalue weighted by molar-refractivity contribution is 7.84. The van der Waals surface area contributed by atoms with Gasteiger partial charge in [-0.05, 0) is 20.8 Å². The van der Waals surface area contributed by atoms with Gasteiger partial charge in [0.1, 0.15) is 6.61 Å². The first kappa shape index (κ1) is 13.6. The van der Waals surface area contributed by atoms with Crippen LogP contribution in [-0.4, -0.2) is 40.9 Å². The smallest absolute Gasteiger partial charge is 0.246 e. The molecular formula is C9H19NO3S. The molecule has 0 fully saturated rings. The molecule has 0 heterocycles. The second kappa shape index (κ2) is 6.95. The van der Waals surface area contributed by atoms with E-state index < -0.39 is 10.8 Å². The summed E-state index contributed by atoms with van der Waals surface area (Å²) in [5.41, 5.74) is 0. The van der Waals surface area contributed by atoms with Crippen molar-refractivity contribution in [2.24, 2.45) is 0 Å². The number of nitrogens with one attached hydrogen (secondary N) is 1. The maximum absolute atomic E-state index is 11.1. The number of ether oxygens (including phenoxy) is 1. The Morgan fingerprint density at radius 2 is 2.00 bits per heavy atom. The van der Waals surface area contributed by atoms with E-state index in [0.29, 0.717) is 6.54 Å². The predicted octanol–water partition coefficient (Wildman–Crippen LogP) is 0.295. The predicted molar refractivity (Wildman–Crippen MR) is 57.6 cm³/mol. The highest BCUT2D eigenvalue weighted by atomic mass is 32.2. The van der Waals surface area contributed by atoms with Crippen molar-refractivity contribution in [3.05, 3.63) is 0 Å². The summed E-state index contributed by atoms with van der Waals surface area (Å²) in [6.07, 6.45) is 1.68. The van der Waals surface area contributed by atoms with Gasteiger partial charge < -0.3 is 10.1 Å². The SMILES string of the molecule is CC(C)OCC(=O)NCC(C)S(C)=O. The Kier molecular flexibility index (Phi) is 6.74. The Bertz CT molecular complexity index is 206. The van der Waals surface area contributed by atoms with Crippen molar-refractivity contribution in [1.29, 1.82) is 0 Å². The van der Waals surface area contributed by atoms with E-state index in [2.05, 4.69) is 5.32 Å². The van der Waals surface area contributed by atoms with E-state index in [9.17, 15) is 9.00 Å². The van der Waals surface area contributed by atoms with Crippen LogP contribution in [0.4, 0.5) is 0 Å². The molecule has 2 unspecified atom stereocenters. The van der Waals surface area contributed by atoms with Gasteiger partial charge in [0.25, 0.3) is 0 Å². The zero-order valence-corrected chi connectivity index (χ0v) is 10.0. The molecule has 0 aromatic heterocycles. The summed E-state index contributed by atoms with van der Waals surface area (Å²) >= 11 is 0. The highest BCUT2D eigenvalue weighted by Crippen LogP contribution is 1.90. The first-order valence-electron chi connectivity index (χ1n) is 4.64. The van der Waals surface area contributed by atoms with E-state index in [1.165, 1.54) is 0 Å². The molecule has 0 radical (unpaired) electrons. The van der Waals surface area contributed by atoms with Crippen LogP contribution in [0.5, 0.6) is 0 Å². The number of carbonyl (C=O) groups excluding carboxylic acids is 1. The molecule has 84 valence electrons. The molecule has 0 bridgehead atoms. The van der Waals surface area contributed by atoms with E-state index in [0.717, 1.165) is 0 Å². The molecule has 14 heavy (non-hydrogen) atoms. The van der Waals surface area contributed by atoms with Gasteiger partial charge in [-0.25, -0.2) is 0 Å². The average Bonchev–Trinajstić information content (AvgIpc) is 2.10. The molecule has 0 aliphatic heterocycles. The van der Waals surface area contributed by atoms with Gasteiger partial charge in [0.15, 0.2) is 0 Å². The van der Waals surface area contributed by atoms with Crippen molar-refractivity contribution in [3.63, 3.8) is 0 Å². The molecule has 1 N–H and O–H groups in total. The quantitative estimate of drug-likeness (QED) is 0.701. The molecule has 0 spiro atoms. The van der Waals surface area contributed by atoms with E-state index in [1.807, 2.05) is 20.8 Å². The summed E-state index contributed by atoms with van der Waals surface area (Å²) in [7, 11) is -0.895. The van der Waals surface area contributed by atoms with Crippen LogP contribution in [0.2, 0.25) is 0 Å². The van der Waals surface area contributed by atoms with Crippen molar-refractivity contribution >= 4 is 16.7 Å². The molecule has 4 nitrogen and oxygen atoms in total. The standard InChI is InChI=1S/C9H19NO3S/c1-7(2)13-6-9(11)10-5-8(3)14(4)12/h7-8H,5-6H2,1-4H3,(H,10,11). The van der Waals surface area contributed by atoms with E-state index >= 15 is 0 Å². The average molecular weight is 221 g/mol. The van der Waals surface area contributed by atoms with Crippen LogP contribution in [0.1, 0.15) is 20.8 Å². The molecule has 0 aliphatic rings. The maximum Gasteiger partial charge on any atom is 0.246 e. The topological polar surface area (TPSA) is 55.4 Å². The van der Waals surface area contributed by atoms with Crippen LogP contribution in [0.15, 0.2) is 0 Å². The Balaban J connectivity index is 3.59. The molecule has 5 heteroatoms. The highest BCUT2D eigenvalue weighted by Gasteiger charge is 2.08. The van der Waals surface area contributed by atoms with Crippen molar-refractivity contribution in [3.8, 4) is 0 Å². The zero-order valence-electron chi connectivity index (χ0n) is 9.20. The third kappa shape index (κ3) is 7.03. The normalized spacial score (nSPS) is 15.2. The van der Waals surface area contributed by atoms with E-state index in [4.69, 9.17) is 4.74 Å². The number of amides is 1. The summed E-state index contributed by atoms with van der Waals surface area (Å²) in [6, 6.07) is 0. The fourth-order valence-corrected chi connectivity index (χ4v) is 0.986. The minimum Gasteiger partial charge on any atom is -0.369 e. The molecule has 0 rings (SSSR count). The third-order valence-electron chi connectivity index (χ3n) is 1.70. The van der Waals surface area contributed by atoms with Crippen molar-refractivity contribution in [2.45, 2.75) is 32.1 Å². The van der Waals surface area contributed by atoms with E-state index in [1.54, 1.807) is 6.26 Å². The summed E-state index contributed by atoms with van der Waals surface area (Å²) in [5.74, 6) is -0.156. The Morgan fingerprint density at radius 3 is 2.43 bits per heavy atom. The lowest BCUT2D eigenvalue weighted by Crippen LogP contribution is -2.35. The fraction of sp³-hybridized carbons (Fsp3) is 0.889. The molecule has 0 aromatic rings. The largest absolute Gasteiger partial charge is 0.369 e. The van der Waals surface area contributed by atoms with Gasteiger partial charge in [0, 0.05) is 28.9 Å². The number of hydrogen-bond donors (Lipinski definition) is 1. The van der Waals surface area contributed by atoms with Gasteiger partial charge in [-0.1, -0.05) is 0 Å². The molecule has 2 atom stereocenters. The summed E-state index contributed by atoms with van der Waals surface area (Å²) in [4.78, 5) is 11.1. The van der Waals surface area contributed by atoms with Crippen LogP contribution in [0.25, 0.3) is 0 Å². The molecule has 0 saturated carbocycles. The van der Waals surface area contributed by atoms with Gasteiger partial charge in [0.05, 0.1) is 6.10 Å². The minimum atomic E-state index is -0.895. The third-order valence-corrected chi connectivity index (χ3v) is 3.00. The second-order valence-electron chi connectivity index (χ2n) is 3.47. The van der Waals surface area contributed by atoms with E-state index in [-0.39, 0.29) is 23.9 Å². The van der Waals surface area contributed by atoms with Crippen LogP contribution in [0, 0.1) is 0 Å².